The molecule has 1 N–H and O–H groups in total. The molecule has 1 aromatic carbocycles. The molecule has 7 nitrogen and oxygen atoms in total. The summed E-state index contributed by atoms with van der Waals surface area (Å²) < 4.78 is 7.55. The van der Waals surface area contributed by atoms with Crippen LogP contribution in [-0.2, 0) is 5.75 Å². The number of hydrogen-bond acceptors (Lipinski definition) is 7. The maximum atomic E-state index is 12.3. The first-order valence-electron chi connectivity index (χ1n) is 10.4. The molecule has 166 valence electrons. The minimum atomic E-state index is -0.124. The van der Waals surface area contributed by atoms with Gasteiger partial charge >= 0.3 is 0 Å². The van der Waals surface area contributed by atoms with Gasteiger partial charge in [-0.15, -0.1) is 21.5 Å². The lowest BCUT2D eigenvalue weighted by molar-refractivity contribution is 0.0947. The van der Waals surface area contributed by atoms with Gasteiger partial charge in [-0.1, -0.05) is 43.3 Å². The van der Waals surface area contributed by atoms with Gasteiger partial charge in [0.15, 0.2) is 10.9 Å². The summed E-state index contributed by atoms with van der Waals surface area (Å²) in [7, 11) is 0. The Labute approximate surface area is 195 Å². The first kappa shape index (κ1) is 22.3. The van der Waals surface area contributed by atoms with Crippen LogP contribution in [0.2, 0.25) is 0 Å². The molecule has 4 aromatic rings. The normalized spacial score (nSPS) is 11.2. The lowest BCUT2D eigenvalue weighted by Crippen LogP contribution is -2.25. The molecule has 3 aromatic heterocycles. The highest BCUT2D eigenvalue weighted by atomic mass is 32.2. The van der Waals surface area contributed by atoms with Gasteiger partial charge in [0.2, 0.25) is 5.82 Å². The highest BCUT2D eigenvalue weighted by Gasteiger charge is 2.19. The number of aryl methyl sites for hydroxylation is 1. The zero-order valence-corrected chi connectivity index (χ0v) is 19.9. The van der Waals surface area contributed by atoms with Crippen molar-refractivity contribution in [2.75, 3.05) is 6.54 Å². The number of carbonyl (C=O) groups excluding carboxylic acids is 1. The molecule has 9 heteroatoms. The van der Waals surface area contributed by atoms with Gasteiger partial charge in [-0.05, 0) is 43.5 Å². The minimum absolute atomic E-state index is 0.124. The third-order valence-electron chi connectivity index (χ3n) is 4.78. The van der Waals surface area contributed by atoms with Crippen LogP contribution in [-0.4, -0.2) is 32.2 Å². The molecule has 0 aliphatic carbocycles. The van der Waals surface area contributed by atoms with Crippen molar-refractivity contribution in [3.05, 3.63) is 64.3 Å². The van der Waals surface area contributed by atoms with Crippen LogP contribution in [0.1, 0.15) is 41.3 Å². The lowest BCUT2D eigenvalue weighted by atomic mass is 10.1. The first-order valence-corrected chi connectivity index (χ1v) is 12.3. The van der Waals surface area contributed by atoms with Crippen molar-refractivity contribution in [1.82, 2.24) is 25.1 Å². The van der Waals surface area contributed by atoms with Crippen LogP contribution in [0, 0.1) is 12.8 Å². The predicted octanol–water partition coefficient (Wildman–Crippen LogP) is 5.36. The summed E-state index contributed by atoms with van der Waals surface area (Å²) in [5.41, 5.74) is 2.60. The predicted molar refractivity (Wildman–Crippen MR) is 127 cm³/mol. The van der Waals surface area contributed by atoms with E-state index in [-0.39, 0.29) is 5.91 Å². The van der Waals surface area contributed by atoms with Crippen molar-refractivity contribution in [1.29, 1.82) is 0 Å². The average Bonchev–Trinajstić information content (AvgIpc) is 3.52. The summed E-state index contributed by atoms with van der Waals surface area (Å²) in [5.74, 6) is 2.31. The number of aromatic nitrogens is 4. The number of hydrogen-bond donors (Lipinski definition) is 1. The average molecular weight is 468 g/mol. The fraction of sp³-hybridized carbons (Fsp3) is 0.304. The molecule has 0 radical (unpaired) electrons. The first-order chi connectivity index (χ1) is 15.5. The zero-order valence-electron chi connectivity index (χ0n) is 18.2. The van der Waals surface area contributed by atoms with Crippen molar-refractivity contribution in [2.24, 2.45) is 5.92 Å². The highest BCUT2D eigenvalue weighted by Crippen LogP contribution is 2.30. The smallest absolute Gasteiger partial charge is 0.270 e. The number of carbonyl (C=O) groups is 1. The van der Waals surface area contributed by atoms with E-state index in [9.17, 15) is 4.79 Å². The molecule has 0 atom stereocenters. The second kappa shape index (κ2) is 10.1. The summed E-state index contributed by atoms with van der Waals surface area (Å²) in [4.78, 5) is 16.8. The summed E-state index contributed by atoms with van der Waals surface area (Å²) >= 11 is 3.00. The Morgan fingerprint density at radius 3 is 2.75 bits per heavy atom. The van der Waals surface area contributed by atoms with E-state index in [1.165, 1.54) is 28.7 Å². The fourth-order valence-electron chi connectivity index (χ4n) is 3.03. The molecule has 0 unspecified atom stereocenters. The lowest BCUT2D eigenvalue weighted by Gasteiger charge is -2.09. The minimum Gasteiger partial charge on any atom is -0.461 e. The largest absolute Gasteiger partial charge is 0.461 e. The van der Waals surface area contributed by atoms with Crippen molar-refractivity contribution >= 4 is 29.0 Å². The molecule has 0 aliphatic heterocycles. The molecule has 1 amide bonds. The molecule has 0 spiro atoms. The highest BCUT2D eigenvalue weighted by molar-refractivity contribution is 7.98. The number of furan rings is 1. The van der Waals surface area contributed by atoms with E-state index >= 15 is 0 Å². The van der Waals surface area contributed by atoms with E-state index in [2.05, 4.69) is 53.4 Å². The summed E-state index contributed by atoms with van der Waals surface area (Å²) in [6.45, 7) is 6.99. The number of benzene rings is 1. The van der Waals surface area contributed by atoms with Crippen LogP contribution < -0.4 is 5.32 Å². The molecule has 0 saturated heterocycles. The topological polar surface area (TPSA) is 85.8 Å². The number of nitrogens with zero attached hydrogens (tertiary/aromatic N) is 4. The van der Waals surface area contributed by atoms with E-state index < -0.39 is 0 Å². The van der Waals surface area contributed by atoms with Gasteiger partial charge in [-0.3, -0.25) is 9.36 Å². The molecule has 0 aliphatic rings. The fourth-order valence-corrected chi connectivity index (χ4v) is 4.77. The molecule has 4 rings (SSSR count). The van der Waals surface area contributed by atoms with Crippen LogP contribution in [0.3, 0.4) is 0 Å². The molecule has 0 bridgehead atoms. The SMILES string of the molecule is Cc1ccc(-n2c(SCc3nc(C(=O)NCCC(C)C)cs3)nnc2-c2ccco2)cc1. The van der Waals surface area contributed by atoms with E-state index in [1.807, 2.05) is 28.8 Å². The Hall–Kier alpha value is -2.91. The second-order valence-corrected chi connectivity index (χ2v) is 9.69. The zero-order chi connectivity index (χ0) is 22.5. The third kappa shape index (κ3) is 5.28. The summed E-state index contributed by atoms with van der Waals surface area (Å²) in [6, 6.07) is 11.9. The summed E-state index contributed by atoms with van der Waals surface area (Å²) in [5, 5.41) is 15.1. The number of amides is 1. The van der Waals surface area contributed by atoms with Crippen LogP contribution >= 0.6 is 23.1 Å². The third-order valence-corrected chi connectivity index (χ3v) is 6.76. The van der Waals surface area contributed by atoms with Gasteiger partial charge < -0.3 is 9.73 Å². The number of thioether (sulfide) groups is 1. The Balaban J connectivity index is 1.50. The van der Waals surface area contributed by atoms with Crippen LogP contribution in [0.4, 0.5) is 0 Å². The van der Waals surface area contributed by atoms with Crippen LogP contribution in [0.15, 0.2) is 57.6 Å². The summed E-state index contributed by atoms with van der Waals surface area (Å²) in [6.07, 6.45) is 2.57. The van der Waals surface area contributed by atoms with Crippen LogP contribution in [0.5, 0.6) is 0 Å². The Kier molecular flexibility index (Phi) is 7.06. The Bertz CT molecular complexity index is 1160. The molecule has 0 saturated carbocycles. The monoisotopic (exact) mass is 467 g/mol. The number of thiazole rings is 1. The molecule has 0 fully saturated rings. The van der Waals surface area contributed by atoms with Gasteiger partial charge in [-0.25, -0.2) is 4.98 Å². The van der Waals surface area contributed by atoms with E-state index in [4.69, 9.17) is 4.42 Å². The van der Waals surface area contributed by atoms with Crippen molar-refractivity contribution < 1.29 is 9.21 Å². The van der Waals surface area contributed by atoms with Gasteiger partial charge in [0.1, 0.15) is 10.7 Å². The molecule has 32 heavy (non-hydrogen) atoms. The Morgan fingerprint density at radius 1 is 1.22 bits per heavy atom. The maximum Gasteiger partial charge on any atom is 0.270 e. The molecular weight excluding hydrogens is 442 g/mol. The van der Waals surface area contributed by atoms with Gasteiger partial charge in [0, 0.05) is 17.6 Å². The van der Waals surface area contributed by atoms with Crippen molar-refractivity contribution in [3.63, 3.8) is 0 Å². The van der Waals surface area contributed by atoms with E-state index in [0.717, 1.165) is 22.3 Å². The van der Waals surface area contributed by atoms with Gasteiger partial charge in [0.25, 0.3) is 5.91 Å². The van der Waals surface area contributed by atoms with Gasteiger partial charge in [-0.2, -0.15) is 0 Å². The molecule has 3 heterocycles. The molecular formula is C23H25N5O2S2. The maximum absolute atomic E-state index is 12.3. The van der Waals surface area contributed by atoms with Crippen molar-refractivity contribution in [2.45, 2.75) is 38.1 Å². The van der Waals surface area contributed by atoms with E-state index in [1.54, 1.807) is 11.6 Å². The standard InChI is InChI=1S/C23H25N5O2S2/c1-15(2)10-11-24-22(29)18-13-31-20(25-18)14-32-23-27-26-21(19-5-4-12-30-19)28(23)17-8-6-16(3)7-9-17/h4-9,12-13,15H,10-11,14H2,1-3H3,(H,24,29). The quantitative estimate of drug-likeness (QED) is 0.334. The Morgan fingerprint density at radius 2 is 2.03 bits per heavy atom. The van der Waals surface area contributed by atoms with Crippen LogP contribution in [0.25, 0.3) is 17.3 Å². The number of rotatable bonds is 9. The van der Waals surface area contributed by atoms with Gasteiger partial charge in [0.05, 0.1) is 12.0 Å². The van der Waals surface area contributed by atoms with E-state index in [0.29, 0.717) is 35.5 Å². The second-order valence-electron chi connectivity index (χ2n) is 7.81. The number of nitrogens with one attached hydrogen (secondary N) is 1. The van der Waals surface area contributed by atoms with Crippen molar-refractivity contribution in [3.8, 4) is 17.3 Å².